The van der Waals surface area contributed by atoms with Crippen LogP contribution in [0.3, 0.4) is 0 Å². The van der Waals surface area contributed by atoms with E-state index < -0.39 is 0 Å². The van der Waals surface area contributed by atoms with Crippen LogP contribution in [0, 0.1) is 18.8 Å². The number of nitrogens with one attached hydrogen (secondary N) is 1. The molecule has 2 rings (SSSR count). The van der Waals surface area contributed by atoms with Crippen LogP contribution >= 0.6 is 0 Å². The van der Waals surface area contributed by atoms with Gasteiger partial charge in [-0.15, -0.1) is 0 Å². The molecule has 130 valence electrons. The van der Waals surface area contributed by atoms with Gasteiger partial charge in [-0.25, -0.2) is 0 Å². The summed E-state index contributed by atoms with van der Waals surface area (Å²) in [6.07, 6.45) is 0. The fourth-order valence-corrected chi connectivity index (χ4v) is 2.11. The third kappa shape index (κ3) is 5.47. The number of methoxy groups -OCH3 is 2. The summed E-state index contributed by atoms with van der Waals surface area (Å²) in [4.78, 5) is 12.2. The van der Waals surface area contributed by atoms with Gasteiger partial charge in [-0.05, 0) is 30.7 Å². The molecule has 0 aliphatic heterocycles. The van der Waals surface area contributed by atoms with Crippen LogP contribution in [0.1, 0.15) is 15.9 Å². The first kappa shape index (κ1) is 18.2. The number of carbonyl (C=O) groups excluding carboxylic acids is 1. The topological polar surface area (TPSA) is 56.8 Å². The van der Waals surface area contributed by atoms with Crippen molar-refractivity contribution in [2.75, 3.05) is 27.4 Å². The second-order valence-electron chi connectivity index (χ2n) is 5.19. The summed E-state index contributed by atoms with van der Waals surface area (Å²) in [6, 6.07) is 12.7. The molecule has 5 heteroatoms. The van der Waals surface area contributed by atoms with Crippen molar-refractivity contribution in [3.05, 3.63) is 53.6 Å². The fraction of sp³-hybridized carbons (Fsp3) is 0.250. The molecule has 0 spiro atoms. The molecule has 0 aromatic heterocycles. The standard InChI is InChI=1S/C20H21NO4/c1-15-8-4-5-9-19(15)25-11-7-6-10-21-20(22)16-12-17(23-2)14-18(13-16)24-3/h4-5,8-9,12-14H,10-11H2,1-3H3,(H,21,22). The van der Waals surface area contributed by atoms with Crippen molar-refractivity contribution in [3.8, 4) is 29.1 Å². The van der Waals surface area contributed by atoms with E-state index in [2.05, 4.69) is 17.2 Å². The molecule has 0 radical (unpaired) electrons. The van der Waals surface area contributed by atoms with Gasteiger partial charge in [-0.2, -0.15) is 0 Å². The largest absolute Gasteiger partial charge is 0.497 e. The molecule has 0 unspecified atom stereocenters. The van der Waals surface area contributed by atoms with E-state index in [1.54, 1.807) is 18.2 Å². The molecule has 2 aromatic carbocycles. The number of rotatable bonds is 6. The van der Waals surface area contributed by atoms with E-state index in [1.807, 2.05) is 31.2 Å². The average Bonchev–Trinajstić information content (AvgIpc) is 2.65. The highest BCUT2D eigenvalue weighted by molar-refractivity contribution is 5.95. The number of hydrogen-bond acceptors (Lipinski definition) is 4. The summed E-state index contributed by atoms with van der Waals surface area (Å²) < 4.78 is 15.9. The maximum atomic E-state index is 12.2. The van der Waals surface area contributed by atoms with Crippen LogP contribution in [0.15, 0.2) is 42.5 Å². The molecule has 1 N–H and O–H groups in total. The number of carbonyl (C=O) groups is 1. The molecule has 0 aliphatic rings. The van der Waals surface area contributed by atoms with Gasteiger partial charge in [0.2, 0.25) is 0 Å². The Bertz CT molecular complexity index is 768. The lowest BCUT2D eigenvalue weighted by Crippen LogP contribution is -2.23. The summed E-state index contributed by atoms with van der Waals surface area (Å²) in [5, 5.41) is 2.73. The van der Waals surface area contributed by atoms with Crippen molar-refractivity contribution in [1.29, 1.82) is 0 Å². The van der Waals surface area contributed by atoms with Gasteiger partial charge < -0.3 is 19.5 Å². The van der Waals surface area contributed by atoms with Crippen LogP contribution in [0.5, 0.6) is 17.2 Å². The van der Waals surface area contributed by atoms with Crippen molar-refractivity contribution in [3.63, 3.8) is 0 Å². The summed E-state index contributed by atoms with van der Waals surface area (Å²) in [5.74, 6) is 7.42. The van der Waals surface area contributed by atoms with E-state index in [9.17, 15) is 4.79 Å². The predicted molar refractivity (Wildman–Crippen MR) is 96.3 cm³/mol. The molecule has 0 bridgehead atoms. The molecule has 2 aromatic rings. The van der Waals surface area contributed by atoms with Crippen molar-refractivity contribution >= 4 is 5.91 Å². The van der Waals surface area contributed by atoms with Crippen LogP contribution in [-0.2, 0) is 0 Å². The first-order valence-electron chi connectivity index (χ1n) is 7.79. The fourth-order valence-electron chi connectivity index (χ4n) is 2.11. The zero-order valence-electron chi connectivity index (χ0n) is 14.6. The zero-order chi connectivity index (χ0) is 18.1. The second-order valence-corrected chi connectivity index (χ2v) is 5.19. The Hall–Kier alpha value is -3.13. The van der Waals surface area contributed by atoms with Crippen molar-refractivity contribution in [1.82, 2.24) is 5.32 Å². The minimum Gasteiger partial charge on any atom is -0.497 e. The lowest BCUT2D eigenvalue weighted by atomic mass is 10.2. The summed E-state index contributed by atoms with van der Waals surface area (Å²) >= 11 is 0. The summed E-state index contributed by atoms with van der Waals surface area (Å²) in [6.45, 7) is 2.48. The minimum absolute atomic E-state index is 0.232. The van der Waals surface area contributed by atoms with Crippen LogP contribution in [0.4, 0.5) is 0 Å². The number of aryl methyl sites for hydroxylation is 1. The monoisotopic (exact) mass is 339 g/mol. The van der Waals surface area contributed by atoms with Gasteiger partial charge in [0, 0.05) is 11.6 Å². The molecule has 0 saturated heterocycles. The maximum Gasteiger partial charge on any atom is 0.252 e. The quantitative estimate of drug-likeness (QED) is 0.822. The molecule has 5 nitrogen and oxygen atoms in total. The van der Waals surface area contributed by atoms with Crippen LogP contribution in [-0.4, -0.2) is 33.3 Å². The SMILES string of the molecule is COc1cc(OC)cc(C(=O)NCC#CCOc2ccccc2C)c1. The molecule has 0 heterocycles. The van der Waals surface area contributed by atoms with Crippen molar-refractivity contribution in [2.45, 2.75) is 6.92 Å². The lowest BCUT2D eigenvalue weighted by molar-refractivity contribution is 0.0958. The Morgan fingerprint density at radius 3 is 2.36 bits per heavy atom. The normalized spacial score (nSPS) is 9.56. The van der Waals surface area contributed by atoms with E-state index in [0.717, 1.165) is 11.3 Å². The van der Waals surface area contributed by atoms with Gasteiger partial charge in [0.1, 0.15) is 23.9 Å². The molecule has 0 aliphatic carbocycles. The van der Waals surface area contributed by atoms with Gasteiger partial charge in [0.05, 0.1) is 20.8 Å². The third-order valence-electron chi connectivity index (χ3n) is 3.47. The Morgan fingerprint density at radius 2 is 1.72 bits per heavy atom. The van der Waals surface area contributed by atoms with E-state index in [-0.39, 0.29) is 19.1 Å². The summed E-state index contributed by atoms with van der Waals surface area (Å²) in [5.41, 5.74) is 1.51. The molecular weight excluding hydrogens is 318 g/mol. The van der Waals surface area contributed by atoms with Gasteiger partial charge in [0.25, 0.3) is 5.91 Å². The summed E-state index contributed by atoms with van der Waals surface area (Å²) in [7, 11) is 3.08. The maximum absolute atomic E-state index is 12.2. The van der Waals surface area contributed by atoms with Gasteiger partial charge in [-0.1, -0.05) is 30.0 Å². The lowest BCUT2D eigenvalue weighted by Gasteiger charge is -2.08. The van der Waals surface area contributed by atoms with E-state index in [4.69, 9.17) is 14.2 Å². The number of para-hydroxylation sites is 1. The molecular formula is C20H21NO4. The number of hydrogen-bond donors (Lipinski definition) is 1. The molecule has 25 heavy (non-hydrogen) atoms. The van der Waals surface area contributed by atoms with E-state index >= 15 is 0 Å². The van der Waals surface area contributed by atoms with Crippen molar-refractivity contribution < 1.29 is 19.0 Å². The van der Waals surface area contributed by atoms with Crippen molar-refractivity contribution in [2.24, 2.45) is 0 Å². The first-order chi connectivity index (χ1) is 12.1. The van der Waals surface area contributed by atoms with E-state index in [0.29, 0.717) is 17.1 Å². The second kappa shape index (κ2) is 9.24. The van der Waals surface area contributed by atoms with Crippen LogP contribution in [0.2, 0.25) is 0 Å². The predicted octanol–water partition coefficient (Wildman–Crippen LogP) is 2.82. The Kier molecular flexibility index (Phi) is 6.73. The van der Waals surface area contributed by atoms with Gasteiger partial charge >= 0.3 is 0 Å². The van der Waals surface area contributed by atoms with Crippen LogP contribution in [0.25, 0.3) is 0 Å². The third-order valence-corrected chi connectivity index (χ3v) is 3.47. The molecule has 0 fully saturated rings. The van der Waals surface area contributed by atoms with E-state index in [1.165, 1.54) is 14.2 Å². The van der Waals surface area contributed by atoms with Crippen LogP contribution < -0.4 is 19.5 Å². The Labute approximate surface area is 147 Å². The number of ether oxygens (including phenoxy) is 3. The highest BCUT2D eigenvalue weighted by Crippen LogP contribution is 2.22. The first-order valence-corrected chi connectivity index (χ1v) is 7.79. The molecule has 1 amide bonds. The smallest absolute Gasteiger partial charge is 0.252 e. The van der Waals surface area contributed by atoms with Gasteiger partial charge in [0.15, 0.2) is 0 Å². The van der Waals surface area contributed by atoms with Gasteiger partial charge in [-0.3, -0.25) is 4.79 Å². The molecule has 0 saturated carbocycles. The minimum atomic E-state index is -0.244. The zero-order valence-corrected chi connectivity index (χ0v) is 14.6. The number of amides is 1. The molecule has 0 atom stereocenters. The number of benzene rings is 2. The Morgan fingerprint density at radius 1 is 1.04 bits per heavy atom. The average molecular weight is 339 g/mol. The Balaban J connectivity index is 1.84. The highest BCUT2D eigenvalue weighted by atomic mass is 16.5. The highest BCUT2D eigenvalue weighted by Gasteiger charge is 2.08.